The Morgan fingerprint density at radius 1 is 1.61 bits per heavy atom. The maximum absolute atomic E-state index is 12.5. The van der Waals surface area contributed by atoms with Crippen LogP contribution in [0.15, 0.2) is 15.9 Å². The molecule has 1 heterocycles. The monoisotopic (exact) mass is 330 g/mol. The standard InChI is InChI=1S/C13H19BrN2OS/c1-3-16(8-10-6-7-11(14)18-10)12(17)13(2,15)9-4-5-9/h6-7,9H,3-5,8,15H2,1-2H3. The summed E-state index contributed by atoms with van der Waals surface area (Å²) in [6, 6.07) is 4.07. The quantitative estimate of drug-likeness (QED) is 0.902. The largest absolute Gasteiger partial charge is 0.336 e. The zero-order valence-corrected chi connectivity index (χ0v) is 13.2. The van der Waals surface area contributed by atoms with Gasteiger partial charge in [-0.25, -0.2) is 0 Å². The van der Waals surface area contributed by atoms with E-state index >= 15 is 0 Å². The number of nitrogens with zero attached hydrogens (tertiary/aromatic N) is 1. The molecule has 1 amide bonds. The molecule has 1 atom stereocenters. The van der Waals surface area contributed by atoms with Crippen molar-refractivity contribution in [1.82, 2.24) is 4.90 Å². The van der Waals surface area contributed by atoms with Crippen molar-refractivity contribution in [2.45, 2.75) is 38.8 Å². The van der Waals surface area contributed by atoms with Crippen molar-refractivity contribution in [1.29, 1.82) is 0 Å². The van der Waals surface area contributed by atoms with E-state index in [0.717, 1.165) is 16.6 Å². The maximum atomic E-state index is 12.5. The van der Waals surface area contributed by atoms with Gasteiger partial charge in [0, 0.05) is 11.4 Å². The predicted molar refractivity (Wildman–Crippen MR) is 78.4 cm³/mol. The zero-order valence-electron chi connectivity index (χ0n) is 10.8. The Labute approximate surface area is 120 Å². The smallest absolute Gasteiger partial charge is 0.242 e. The molecular weight excluding hydrogens is 312 g/mol. The van der Waals surface area contributed by atoms with E-state index in [1.54, 1.807) is 11.3 Å². The number of rotatable bonds is 5. The van der Waals surface area contributed by atoms with Crippen LogP contribution in [0.4, 0.5) is 0 Å². The van der Waals surface area contributed by atoms with Crippen LogP contribution in [0.25, 0.3) is 0 Å². The lowest BCUT2D eigenvalue weighted by atomic mass is 9.95. The number of halogens is 1. The molecule has 18 heavy (non-hydrogen) atoms. The molecular formula is C13H19BrN2OS. The lowest BCUT2D eigenvalue weighted by Crippen LogP contribution is -2.54. The lowest BCUT2D eigenvalue weighted by molar-refractivity contribution is -0.137. The van der Waals surface area contributed by atoms with Gasteiger partial charge in [-0.2, -0.15) is 0 Å². The van der Waals surface area contributed by atoms with Crippen LogP contribution in [0.1, 0.15) is 31.6 Å². The SMILES string of the molecule is CCN(Cc1ccc(Br)s1)C(=O)C(C)(N)C1CC1. The molecule has 0 aliphatic heterocycles. The third-order valence-corrected chi connectivity index (χ3v) is 5.14. The number of thiophene rings is 1. The molecule has 1 aromatic rings. The molecule has 0 saturated heterocycles. The fourth-order valence-electron chi connectivity index (χ4n) is 2.15. The summed E-state index contributed by atoms with van der Waals surface area (Å²) >= 11 is 5.11. The van der Waals surface area contributed by atoms with Gasteiger partial charge < -0.3 is 10.6 Å². The molecule has 1 saturated carbocycles. The Hall–Kier alpha value is -0.390. The van der Waals surface area contributed by atoms with E-state index in [9.17, 15) is 4.79 Å². The van der Waals surface area contributed by atoms with Crippen molar-refractivity contribution in [3.8, 4) is 0 Å². The second-order valence-electron chi connectivity index (χ2n) is 5.08. The minimum atomic E-state index is -0.690. The van der Waals surface area contributed by atoms with Gasteiger partial charge in [-0.15, -0.1) is 11.3 Å². The normalized spacial score (nSPS) is 18.4. The number of amides is 1. The molecule has 0 aromatic carbocycles. The fraction of sp³-hybridized carbons (Fsp3) is 0.615. The molecule has 1 aromatic heterocycles. The summed E-state index contributed by atoms with van der Waals surface area (Å²) in [7, 11) is 0. The first kappa shape index (κ1) is 14.0. The number of hydrogen-bond donors (Lipinski definition) is 1. The summed E-state index contributed by atoms with van der Waals surface area (Å²) in [4.78, 5) is 15.5. The van der Waals surface area contributed by atoms with Crippen LogP contribution >= 0.6 is 27.3 Å². The van der Waals surface area contributed by atoms with Crippen molar-refractivity contribution in [2.75, 3.05) is 6.54 Å². The summed E-state index contributed by atoms with van der Waals surface area (Å²) in [5.41, 5.74) is 5.51. The summed E-state index contributed by atoms with van der Waals surface area (Å²) < 4.78 is 1.10. The lowest BCUT2D eigenvalue weighted by Gasteiger charge is -2.31. The number of nitrogens with two attached hydrogens (primary N) is 1. The maximum Gasteiger partial charge on any atom is 0.242 e. The molecule has 1 fully saturated rings. The Kier molecular flexibility index (Phi) is 4.14. The molecule has 1 aliphatic rings. The first-order valence-corrected chi connectivity index (χ1v) is 7.88. The Bertz CT molecular complexity index is 440. The van der Waals surface area contributed by atoms with Gasteiger partial charge in [0.1, 0.15) is 0 Å². The zero-order chi connectivity index (χ0) is 13.3. The van der Waals surface area contributed by atoms with Crippen LogP contribution < -0.4 is 5.73 Å². The van der Waals surface area contributed by atoms with Crippen molar-refractivity contribution >= 4 is 33.2 Å². The average molecular weight is 331 g/mol. The van der Waals surface area contributed by atoms with Gasteiger partial charge in [-0.1, -0.05) is 0 Å². The molecule has 5 heteroatoms. The Morgan fingerprint density at radius 2 is 2.28 bits per heavy atom. The van der Waals surface area contributed by atoms with Gasteiger partial charge in [-0.05, 0) is 60.7 Å². The molecule has 0 spiro atoms. The highest BCUT2D eigenvalue weighted by atomic mass is 79.9. The highest BCUT2D eigenvalue weighted by molar-refractivity contribution is 9.11. The molecule has 2 N–H and O–H groups in total. The highest BCUT2D eigenvalue weighted by Crippen LogP contribution is 2.39. The van der Waals surface area contributed by atoms with Crippen LogP contribution in [0.5, 0.6) is 0 Å². The van der Waals surface area contributed by atoms with Crippen LogP contribution in [0.3, 0.4) is 0 Å². The highest BCUT2D eigenvalue weighted by Gasteiger charge is 2.45. The third kappa shape index (κ3) is 2.95. The summed E-state index contributed by atoms with van der Waals surface area (Å²) in [6.07, 6.45) is 2.17. The molecule has 3 nitrogen and oxygen atoms in total. The van der Waals surface area contributed by atoms with E-state index in [2.05, 4.69) is 22.0 Å². The van der Waals surface area contributed by atoms with E-state index in [1.807, 2.05) is 24.8 Å². The van der Waals surface area contributed by atoms with E-state index in [0.29, 0.717) is 19.0 Å². The van der Waals surface area contributed by atoms with E-state index < -0.39 is 5.54 Å². The van der Waals surface area contributed by atoms with Crippen LogP contribution in [0.2, 0.25) is 0 Å². The molecule has 1 aliphatic carbocycles. The topological polar surface area (TPSA) is 46.3 Å². The Morgan fingerprint density at radius 3 is 2.72 bits per heavy atom. The van der Waals surface area contributed by atoms with Crippen molar-refractivity contribution in [2.24, 2.45) is 11.7 Å². The second kappa shape index (κ2) is 5.31. The molecule has 0 bridgehead atoms. The van der Waals surface area contributed by atoms with Gasteiger partial charge in [0.2, 0.25) is 5.91 Å². The summed E-state index contributed by atoms with van der Waals surface area (Å²) in [5, 5.41) is 0. The first-order valence-electron chi connectivity index (χ1n) is 6.27. The van der Waals surface area contributed by atoms with E-state index in [-0.39, 0.29) is 5.91 Å². The second-order valence-corrected chi connectivity index (χ2v) is 7.63. The predicted octanol–water partition coefficient (Wildman–Crippen LogP) is 2.99. The van der Waals surface area contributed by atoms with Crippen molar-refractivity contribution < 1.29 is 4.79 Å². The fourth-order valence-corrected chi connectivity index (χ4v) is 3.65. The number of carbonyl (C=O) groups is 1. The van der Waals surface area contributed by atoms with Gasteiger partial charge >= 0.3 is 0 Å². The number of hydrogen-bond acceptors (Lipinski definition) is 3. The average Bonchev–Trinajstić information content (AvgIpc) is 3.10. The van der Waals surface area contributed by atoms with E-state index in [4.69, 9.17) is 5.73 Å². The van der Waals surface area contributed by atoms with Crippen LogP contribution in [0, 0.1) is 5.92 Å². The molecule has 1 unspecified atom stereocenters. The minimum Gasteiger partial charge on any atom is -0.336 e. The van der Waals surface area contributed by atoms with Crippen molar-refractivity contribution in [3.05, 3.63) is 20.8 Å². The van der Waals surface area contributed by atoms with Gasteiger partial charge in [0.05, 0.1) is 15.9 Å². The van der Waals surface area contributed by atoms with E-state index in [1.165, 1.54) is 4.88 Å². The van der Waals surface area contributed by atoms with Crippen LogP contribution in [-0.2, 0) is 11.3 Å². The van der Waals surface area contributed by atoms with Crippen molar-refractivity contribution in [3.63, 3.8) is 0 Å². The summed E-state index contributed by atoms with van der Waals surface area (Å²) in [6.45, 7) is 5.24. The third-order valence-electron chi connectivity index (χ3n) is 3.53. The van der Waals surface area contributed by atoms with Gasteiger partial charge in [0.15, 0.2) is 0 Å². The molecule has 100 valence electrons. The summed E-state index contributed by atoms with van der Waals surface area (Å²) in [5.74, 6) is 0.450. The van der Waals surface area contributed by atoms with Crippen LogP contribution in [-0.4, -0.2) is 22.9 Å². The first-order chi connectivity index (χ1) is 8.45. The molecule has 2 rings (SSSR count). The van der Waals surface area contributed by atoms with Gasteiger partial charge in [-0.3, -0.25) is 4.79 Å². The Balaban J connectivity index is 2.06. The number of likely N-dealkylation sites (N-methyl/N-ethyl adjacent to an activating group) is 1. The number of carbonyl (C=O) groups excluding carboxylic acids is 1. The van der Waals surface area contributed by atoms with Gasteiger partial charge in [0.25, 0.3) is 0 Å². The molecule has 0 radical (unpaired) electrons. The minimum absolute atomic E-state index is 0.0806.